The van der Waals surface area contributed by atoms with Gasteiger partial charge in [-0.05, 0) is 36.2 Å². The van der Waals surface area contributed by atoms with Gasteiger partial charge in [-0.1, -0.05) is 41.0 Å². The van der Waals surface area contributed by atoms with Crippen molar-refractivity contribution < 1.29 is 4.52 Å². The fourth-order valence-corrected chi connectivity index (χ4v) is 2.62. The normalized spacial score (nSPS) is 12.5. The third-order valence-electron chi connectivity index (χ3n) is 3.47. The first-order chi connectivity index (χ1) is 10.2. The van der Waals surface area contributed by atoms with Crippen LogP contribution < -0.4 is 5.73 Å². The first-order valence-corrected chi connectivity index (χ1v) is 7.09. The second kappa shape index (κ2) is 5.72. The molecule has 1 heterocycles. The summed E-state index contributed by atoms with van der Waals surface area (Å²) < 4.78 is 5.38. The van der Waals surface area contributed by atoms with Gasteiger partial charge in [0.25, 0.3) is 0 Å². The number of rotatable bonds is 4. The molecule has 21 heavy (non-hydrogen) atoms. The molecule has 0 amide bonds. The Kier molecular flexibility index (Phi) is 3.78. The summed E-state index contributed by atoms with van der Waals surface area (Å²) in [6.07, 6.45) is 2.47. The zero-order chi connectivity index (χ0) is 14.8. The van der Waals surface area contributed by atoms with Crippen LogP contribution in [0.2, 0.25) is 5.02 Å². The minimum atomic E-state index is -0.174. The molecule has 3 nitrogen and oxygen atoms in total. The number of fused-ring (bicyclic) bond motifs is 1. The Balaban J connectivity index is 2.20. The van der Waals surface area contributed by atoms with Crippen LogP contribution >= 0.6 is 11.6 Å². The van der Waals surface area contributed by atoms with Crippen LogP contribution in [-0.2, 0) is 0 Å². The number of nitrogens with two attached hydrogens (primary N) is 1. The fraction of sp³-hybridized carbons (Fsp3) is 0.118. The fourth-order valence-electron chi connectivity index (χ4n) is 2.44. The van der Waals surface area contributed by atoms with Gasteiger partial charge in [0, 0.05) is 22.0 Å². The molecule has 2 N–H and O–H groups in total. The molecule has 1 unspecified atom stereocenters. The smallest absolute Gasteiger partial charge is 0.167 e. The highest BCUT2D eigenvalue weighted by Crippen LogP contribution is 2.34. The van der Waals surface area contributed by atoms with Crippen LogP contribution in [-0.4, -0.2) is 5.16 Å². The minimum absolute atomic E-state index is 0.174. The number of aromatic nitrogens is 1. The van der Waals surface area contributed by atoms with E-state index in [1.807, 2.05) is 42.5 Å². The van der Waals surface area contributed by atoms with Crippen LogP contribution in [0.15, 0.2) is 59.6 Å². The van der Waals surface area contributed by atoms with Gasteiger partial charge in [0.15, 0.2) is 5.58 Å². The third-order valence-corrected chi connectivity index (χ3v) is 3.70. The third kappa shape index (κ3) is 2.58. The minimum Gasteiger partial charge on any atom is -0.356 e. The van der Waals surface area contributed by atoms with E-state index >= 15 is 0 Å². The van der Waals surface area contributed by atoms with E-state index < -0.39 is 0 Å². The summed E-state index contributed by atoms with van der Waals surface area (Å²) in [6, 6.07) is 13.2. The van der Waals surface area contributed by atoms with Crippen molar-refractivity contribution in [3.63, 3.8) is 0 Å². The van der Waals surface area contributed by atoms with Crippen molar-refractivity contribution >= 4 is 22.6 Å². The number of para-hydroxylation sites is 1. The molecular formula is C17H15ClN2O. The number of nitrogens with zero attached hydrogens (tertiary/aromatic N) is 1. The summed E-state index contributed by atoms with van der Waals surface area (Å²) in [6.45, 7) is 3.74. The van der Waals surface area contributed by atoms with Crippen LogP contribution in [0.1, 0.15) is 18.0 Å². The summed E-state index contributed by atoms with van der Waals surface area (Å²) in [4.78, 5) is 0. The largest absolute Gasteiger partial charge is 0.356 e. The zero-order valence-corrected chi connectivity index (χ0v) is 12.2. The molecule has 0 spiro atoms. The molecule has 0 aliphatic heterocycles. The lowest BCUT2D eigenvalue weighted by Crippen LogP contribution is -2.10. The number of hydrogen-bond donors (Lipinski definition) is 1. The highest BCUT2D eigenvalue weighted by Gasteiger charge is 2.17. The van der Waals surface area contributed by atoms with Crippen molar-refractivity contribution in [1.82, 2.24) is 5.16 Å². The number of hydrogen-bond acceptors (Lipinski definition) is 3. The van der Waals surface area contributed by atoms with E-state index in [1.165, 1.54) is 0 Å². The molecule has 1 atom stereocenters. The van der Waals surface area contributed by atoms with Crippen molar-refractivity contribution in [2.75, 3.05) is 0 Å². The molecule has 3 aromatic rings. The SMILES string of the molecule is C=CCC(N)c1cc(Cl)ccc1-c1noc2ccccc12. The monoisotopic (exact) mass is 298 g/mol. The summed E-state index contributed by atoms with van der Waals surface area (Å²) in [5.41, 5.74) is 9.67. The molecule has 0 radical (unpaired) electrons. The van der Waals surface area contributed by atoms with E-state index in [0.717, 1.165) is 27.8 Å². The molecule has 3 rings (SSSR count). The van der Waals surface area contributed by atoms with Crippen molar-refractivity contribution in [3.05, 3.63) is 65.7 Å². The summed E-state index contributed by atoms with van der Waals surface area (Å²) in [5, 5.41) is 5.82. The van der Waals surface area contributed by atoms with Gasteiger partial charge >= 0.3 is 0 Å². The predicted octanol–water partition coefficient (Wildman–Crippen LogP) is 4.72. The van der Waals surface area contributed by atoms with Crippen LogP contribution in [0.25, 0.3) is 22.2 Å². The lowest BCUT2D eigenvalue weighted by Gasteiger charge is -2.14. The Bertz CT molecular complexity index is 794. The topological polar surface area (TPSA) is 52.0 Å². The highest BCUT2D eigenvalue weighted by atomic mass is 35.5. The molecule has 106 valence electrons. The van der Waals surface area contributed by atoms with Gasteiger partial charge in [-0.15, -0.1) is 6.58 Å². The van der Waals surface area contributed by atoms with Crippen molar-refractivity contribution in [2.24, 2.45) is 5.73 Å². The summed E-state index contributed by atoms with van der Waals surface area (Å²) in [7, 11) is 0. The van der Waals surface area contributed by atoms with Crippen molar-refractivity contribution in [1.29, 1.82) is 0 Å². The lowest BCUT2D eigenvalue weighted by atomic mass is 9.95. The van der Waals surface area contributed by atoms with E-state index in [2.05, 4.69) is 11.7 Å². The van der Waals surface area contributed by atoms with Crippen LogP contribution in [0.3, 0.4) is 0 Å². The number of benzene rings is 2. The van der Waals surface area contributed by atoms with Gasteiger partial charge in [-0.3, -0.25) is 0 Å². The second-order valence-corrected chi connectivity index (χ2v) is 5.33. The van der Waals surface area contributed by atoms with Gasteiger partial charge < -0.3 is 10.3 Å². The van der Waals surface area contributed by atoms with Crippen LogP contribution in [0, 0.1) is 0 Å². The maximum Gasteiger partial charge on any atom is 0.167 e. The molecule has 4 heteroatoms. The Morgan fingerprint density at radius 1 is 1.29 bits per heavy atom. The first-order valence-electron chi connectivity index (χ1n) is 6.71. The van der Waals surface area contributed by atoms with Crippen molar-refractivity contribution in [2.45, 2.75) is 12.5 Å². The number of halogens is 1. The van der Waals surface area contributed by atoms with E-state index in [9.17, 15) is 0 Å². The first kappa shape index (κ1) is 13.9. The molecular weight excluding hydrogens is 284 g/mol. The van der Waals surface area contributed by atoms with E-state index in [1.54, 1.807) is 6.08 Å². The standard InChI is InChI=1S/C17H15ClN2O/c1-2-5-15(19)14-10-11(18)8-9-12(14)17-13-6-3-4-7-16(13)21-20-17/h2-4,6-10,15H,1,5,19H2. The highest BCUT2D eigenvalue weighted by molar-refractivity contribution is 6.30. The molecule has 0 saturated carbocycles. The Morgan fingerprint density at radius 2 is 2.10 bits per heavy atom. The molecule has 0 aliphatic carbocycles. The van der Waals surface area contributed by atoms with Crippen molar-refractivity contribution in [3.8, 4) is 11.3 Å². The van der Waals surface area contributed by atoms with Gasteiger partial charge in [0.05, 0.1) is 0 Å². The molecule has 0 aliphatic rings. The van der Waals surface area contributed by atoms with Gasteiger partial charge in [-0.2, -0.15) is 0 Å². The molecule has 2 aromatic carbocycles. The summed E-state index contributed by atoms with van der Waals surface area (Å²) >= 11 is 6.12. The van der Waals surface area contributed by atoms with E-state index in [4.69, 9.17) is 21.9 Å². The second-order valence-electron chi connectivity index (χ2n) is 4.89. The van der Waals surface area contributed by atoms with E-state index in [0.29, 0.717) is 11.4 Å². The van der Waals surface area contributed by atoms with Crippen LogP contribution in [0.4, 0.5) is 0 Å². The summed E-state index contributed by atoms with van der Waals surface area (Å²) in [5.74, 6) is 0. The molecule has 0 fully saturated rings. The Labute approximate surface area is 128 Å². The maximum absolute atomic E-state index is 6.24. The maximum atomic E-state index is 6.24. The van der Waals surface area contributed by atoms with Crippen LogP contribution in [0.5, 0.6) is 0 Å². The quantitative estimate of drug-likeness (QED) is 0.709. The average molecular weight is 299 g/mol. The molecule has 0 saturated heterocycles. The van der Waals surface area contributed by atoms with Gasteiger partial charge in [0.2, 0.25) is 0 Å². The Hall–Kier alpha value is -2.10. The zero-order valence-electron chi connectivity index (χ0n) is 11.4. The van der Waals surface area contributed by atoms with Gasteiger partial charge in [0.1, 0.15) is 5.69 Å². The molecule has 0 bridgehead atoms. The average Bonchev–Trinajstić information content (AvgIpc) is 2.91. The molecule has 1 aromatic heterocycles. The lowest BCUT2D eigenvalue weighted by molar-refractivity contribution is 0.459. The van der Waals surface area contributed by atoms with E-state index in [-0.39, 0.29) is 6.04 Å². The Morgan fingerprint density at radius 3 is 2.90 bits per heavy atom. The van der Waals surface area contributed by atoms with Gasteiger partial charge in [-0.25, -0.2) is 0 Å². The predicted molar refractivity (Wildman–Crippen MR) is 86.2 cm³/mol.